The van der Waals surface area contributed by atoms with Crippen molar-refractivity contribution in [2.75, 3.05) is 29.9 Å². The van der Waals surface area contributed by atoms with Crippen LogP contribution >= 0.6 is 24.0 Å². The molecular weight excluding hydrogens is 390 g/mol. The Balaban J connectivity index is 1.81. The second-order valence-corrected chi connectivity index (χ2v) is 8.55. The monoisotopic (exact) mass is 417 g/mol. The van der Waals surface area contributed by atoms with Crippen molar-refractivity contribution in [3.8, 4) is 0 Å². The van der Waals surface area contributed by atoms with Crippen molar-refractivity contribution in [2.45, 2.75) is 49.7 Å². The molecule has 0 aromatic carbocycles. The summed E-state index contributed by atoms with van der Waals surface area (Å²) in [5.74, 6) is 1.93. The molecule has 0 amide bonds. The molecule has 0 aliphatic carbocycles. The fourth-order valence-corrected chi connectivity index (χ4v) is 3.74. The molecule has 0 atom stereocenters. The Kier molecular flexibility index (Phi) is 7.79. The highest BCUT2D eigenvalue weighted by atomic mass is 32.2. The van der Waals surface area contributed by atoms with Crippen LogP contribution in [0.4, 0.5) is 11.8 Å². The summed E-state index contributed by atoms with van der Waals surface area (Å²) in [5.41, 5.74) is 0. The predicted molar refractivity (Wildman–Crippen MR) is 118 cm³/mol. The molecule has 2 aromatic heterocycles. The summed E-state index contributed by atoms with van der Waals surface area (Å²) in [5, 5.41) is 8.34. The van der Waals surface area contributed by atoms with Crippen molar-refractivity contribution in [3.05, 3.63) is 24.5 Å². The molecule has 0 radical (unpaired) electrons. The molecule has 2 aromatic rings. The van der Waals surface area contributed by atoms with E-state index in [2.05, 4.69) is 44.3 Å². The van der Waals surface area contributed by atoms with Crippen LogP contribution in [0, 0.1) is 5.92 Å². The number of nitrogens with zero attached hydrogens (tertiary/aromatic N) is 5. The number of nitrogens with one attached hydrogen (secondary N) is 2. The van der Waals surface area contributed by atoms with Gasteiger partial charge in [-0.15, -0.1) is 0 Å². The predicted octanol–water partition coefficient (Wildman–Crippen LogP) is 3.74. The van der Waals surface area contributed by atoms with Crippen molar-refractivity contribution >= 4 is 40.9 Å². The van der Waals surface area contributed by atoms with Gasteiger partial charge in [-0.3, -0.25) is 0 Å². The van der Waals surface area contributed by atoms with E-state index in [1.54, 1.807) is 18.5 Å². The summed E-state index contributed by atoms with van der Waals surface area (Å²) in [6, 6.07) is 3.82. The van der Waals surface area contributed by atoms with E-state index in [0.29, 0.717) is 22.1 Å². The van der Waals surface area contributed by atoms with E-state index in [9.17, 15) is 0 Å². The second-order valence-electron chi connectivity index (χ2n) is 7.15. The van der Waals surface area contributed by atoms with Gasteiger partial charge in [0, 0.05) is 38.1 Å². The molecule has 7 nitrogen and oxygen atoms in total. The van der Waals surface area contributed by atoms with E-state index in [4.69, 9.17) is 17.2 Å². The SMILES string of the molecule is CC(C)CNC(=S)Nc1nc(Sc2ncccn2)cc(N2CCCCCC2)n1. The first-order valence-corrected chi connectivity index (χ1v) is 11.0. The number of hydrogen-bond acceptors (Lipinski definition) is 7. The highest BCUT2D eigenvalue weighted by Crippen LogP contribution is 2.27. The topological polar surface area (TPSA) is 78.9 Å². The van der Waals surface area contributed by atoms with E-state index in [1.807, 2.05) is 6.07 Å². The number of rotatable bonds is 6. The Morgan fingerprint density at radius 3 is 2.54 bits per heavy atom. The third-order valence-corrected chi connectivity index (χ3v) is 5.31. The maximum Gasteiger partial charge on any atom is 0.232 e. The van der Waals surface area contributed by atoms with Gasteiger partial charge in [0.25, 0.3) is 0 Å². The van der Waals surface area contributed by atoms with Crippen molar-refractivity contribution in [2.24, 2.45) is 5.92 Å². The van der Waals surface area contributed by atoms with E-state index in [0.717, 1.165) is 30.5 Å². The molecular formula is C19H27N7S2. The van der Waals surface area contributed by atoms with E-state index >= 15 is 0 Å². The Hall–Kier alpha value is -2.00. The van der Waals surface area contributed by atoms with Crippen LogP contribution in [0.5, 0.6) is 0 Å². The zero-order valence-electron chi connectivity index (χ0n) is 16.4. The van der Waals surface area contributed by atoms with Gasteiger partial charge in [-0.05, 0) is 48.8 Å². The maximum atomic E-state index is 5.40. The van der Waals surface area contributed by atoms with Gasteiger partial charge >= 0.3 is 0 Å². The van der Waals surface area contributed by atoms with Crippen molar-refractivity contribution in [1.82, 2.24) is 25.3 Å². The normalized spacial score (nSPS) is 14.6. The molecule has 1 aliphatic heterocycles. The molecule has 28 heavy (non-hydrogen) atoms. The van der Waals surface area contributed by atoms with Crippen molar-refractivity contribution in [1.29, 1.82) is 0 Å². The largest absolute Gasteiger partial charge is 0.362 e. The molecule has 0 saturated carbocycles. The molecule has 0 spiro atoms. The van der Waals surface area contributed by atoms with Gasteiger partial charge in [0.1, 0.15) is 10.8 Å². The number of aromatic nitrogens is 4. The molecule has 3 heterocycles. The van der Waals surface area contributed by atoms with Crippen LogP contribution in [0.1, 0.15) is 39.5 Å². The van der Waals surface area contributed by atoms with Gasteiger partial charge in [-0.2, -0.15) is 4.98 Å². The van der Waals surface area contributed by atoms with E-state index in [1.165, 1.54) is 37.4 Å². The first kappa shape index (κ1) is 20.7. The second kappa shape index (κ2) is 10.5. The van der Waals surface area contributed by atoms with Crippen LogP contribution in [0.25, 0.3) is 0 Å². The third-order valence-electron chi connectivity index (χ3n) is 4.25. The highest BCUT2D eigenvalue weighted by Gasteiger charge is 2.15. The average molecular weight is 418 g/mol. The van der Waals surface area contributed by atoms with E-state index in [-0.39, 0.29) is 0 Å². The van der Waals surface area contributed by atoms with Crippen molar-refractivity contribution in [3.63, 3.8) is 0 Å². The highest BCUT2D eigenvalue weighted by molar-refractivity contribution is 7.99. The zero-order valence-corrected chi connectivity index (χ0v) is 18.0. The molecule has 1 aliphatic rings. The lowest BCUT2D eigenvalue weighted by Crippen LogP contribution is -2.32. The van der Waals surface area contributed by atoms with Crippen LogP contribution in [-0.4, -0.2) is 44.7 Å². The summed E-state index contributed by atoms with van der Waals surface area (Å²) in [6.07, 6.45) is 8.38. The molecule has 0 bridgehead atoms. The fourth-order valence-electron chi connectivity index (χ4n) is 2.86. The summed E-state index contributed by atoms with van der Waals surface area (Å²) < 4.78 is 0. The standard InChI is InChI=1S/C19H27N7S2/c1-14(2)13-22-18(27)25-17-23-15(26-10-5-3-4-6-11-26)12-16(24-17)28-19-20-8-7-9-21-19/h7-9,12,14H,3-6,10-11,13H2,1-2H3,(H2,22,23,24,25,27). The minimum Gasteiger partial charge on any atom is -0.362 e. The fraction of sp³-hybridized carbons (Fsp3) is 0.526. The molecule has 2 N–H and O–H groups in total. The molecule has 9 heteroatoms. The minimum atomic E-state index is 0.501. The molecule has 3 rings (SSSR count). The molecule has 150 valence electrons. The summed E-state index contributed by atoms with van der Waals surface area (Å²) in [7, 11) is 0. The van der Waals surface area contributed by atoms with E-state index < -0.39 is 0 Å². The summed E-state index contributed by atoms with van der Waals surface area (Å²) in [4.78, 5) is 20.3. The van der Waals surface area contributed by atoms with Crippen LogP contribution < -0.4 is 15.5 Å². The van der Waals surface area contributed by atoms with Gasteiger partial charge < -0.3 is 15.5 Å². The van der Waals surface area contributed by atoms with Crippen LogP contribution in [0.15, 0.2) is 34.7 Å². The Morgan fingerprint density at radius 2 is 1.86 bits per heavy atom. The Bertz CT molecular complexity index is 762. The quantitative estimate of drug-likeness (QED) is 0.415. The summed E-state index contributed by atoms with van der Waals surface area (Å²) in [6.45, 7) is 7.11. The average Bonchev–Trinajstić information content (AvgIpc) is 2.96. The molecule has 0 unspecified atom stereocenters. The van der Waals surface area contributed by atoms with Gasteiger partial charge in [0.2, 0.25) is 5.95 Å². The number of anilines is 2. The van der Waals surface area contributed by atoms with Gasteiger partial charge in [0.05, 0.1) is 0 Å². The van der Waals surface area contributed by atoms with Gasteiger partial charge in [0.15, 0.2) is 10.3 Å². The van der Waals surface area contributed by atoms with Crippen LogP contribution in [0.3, 0.4) is 0 Å². The van der Waals surface area contributed by atoms with Gasteiger partial charge in [-0.25, -0.2) is 15.0 Å². The maximum absolute atomic E-state index is 5.40. The smallest absolute Gasteiger partial charge is 0.232 e. The lowest BCUT2D eigenvalue weighted by atomic mass is 10.2. The van der Waals surface area contributed by atoms with Crippen LogP contribution in [0.2, 0.25) is 0 Å². The molecule has 1 fully saturated rings. The van der Waals surface area contributed by atoms with Crippen molar-refractivity contribution < 1.29 is 0 Å². The minimum absolute atomic E-state index is 0.501. The molecule has 1 saturated heterocycles. The lowest BCUT2D eigenvalue weighted by Gasteiger charge is -2.22. The van der Waals surface area contributed by atoms with Crippen LogP contribution in [-0.2, 0) is 0 Å². The summed E-state index contributed by atoms with van der Waals surface area (Å²) >= 11 is 6.83. The van der Waals surface area contributed by atoms with Gasteiger partial charge in [-0.1, -0.05) is 26.7 Å². The zero-order chi connectivity index (χ0) is 19.8. The Morgan fingerprint density at radius 1 is 1.14 bits per heavy atom. The number of thiocarbonyl (C=S) groups is 1. The first-order chi connectivity index (χ1) is 13.6. The number of hydrogen-bond donors (Lipinski definition) is 2. The Labute approximate surface area is 176 Å². The lowest BCUT2D eigenvalue weighted by molar-refractivity contribution is 0.627. The first-order valence-electron chi connectivity index (χ1n) is 9.74. The third kappa shape index (κ3) is 6.56.